The highest BCUT2D eigenvalue weighted by Crippen LogP contribution is 2.16. The summed E-state index contributed by atoms with van der Waals surface area (Å²) in [5.41, 5.74) is 1.47. The van der Waals surface area contributed by atoms with E-state index in [1.807, 2.05) is 0 Å². The lowest BCUT2D eigenvalue weighted by atomic mass is 10.0. The third-order valence-electron chi connectivity index (χ3n) is 3.87. The van der Waals surface area contributed by atoms with Crippen LogP contribution >= 0.6 is 0 Å². The highest BCUT2D eigenvalue weighted by molar-refractivity contribution is 5.12. The van der Waals surface area contributed by atoms with Crippen LogP contribution in [0.2, 0.25) is 0 Å². The summed E-state index contributed by atoms with van der Waals surface area (Å²) >= 11 is 0. The Bertz CT molecular complexity index is 302. The van der Waals surface area contributed by atoms with E-state index in [9.17, 15) is 0 Å². The Morgan fingerprint density at radius 3 is 2.17 bits per heavy atom. The zero-order valence-electron chi connectivity index (χ0n) is 12.5. The van der Waals surface area contributed by atoms with Gasteiger partial charge in [-0.3, -0.25) is 0 Å². The maximum absolute atomic E-state index is 2.33. The van der Waals surface area contributed by atoms with E-state index < -0.39 is 0 Å². The maximum atomic E-state index is 2.33. The molecule has 0 aliphatic carbocycles. The molecule has 0 fully saturated rings. The van der Waals surface area contributed by atoms with E-state index in [1.54, 1.807) is 0 Å². The molecule has 0 amide bonds. The van der Waals surface area contributed by atoms with E-state index in [0.717, 1.165) is 0 Å². The van der Waals surface area contributed by atoms with E-state index in [2.05, 4.69) is 49.9 Å². The average Bonchev–Trinajstić information content (AvgIpc) is 2.42. The van der Waals surface area contributed by atoms with Gasteiger partial charge in [-0.2, -0.15) is 0 Å². The maximum Gasteiger partial charge on any atom is 0.169 e. The summed E-state index contributed by atoms with van der Waals surface area (Å²) in [5, 5.41) is 0. The van der Waals surface area contributed by atoms with E-state index in [4.69, 9.17) is 0 Å². The van der Waals surface area contributed by atoms with Crippen molar-refractivity contribution in [1.29, 1.82) is 0 Å². The first-order valence-corrected chi connectivity index (χ1v) is 7.77. The van der Waals surface area contributed by atoms with Crippen LogP contribution < -0.4 is 4.57 Å². The molecule has 0 aromatic carbocycles. The number of nitrogens with zero attached hydrogens (tertiary/aromatic N) is 1. The molecular formula is C17H30N+. The summed E-state index contributed by atoms with van der Waals surface area (Å²) in [6.45, 7) is 8.00. The van der Waals surface area contributed by atoms with Crippen molar-refractivity contribution in [2.24, 2.45) is 0 Å². The molecule has 0 bridgehead atoms. The molecule has 18 heavy (non-hydrogen) atoms. The summed E-state index contributed by atoms with van der Waals surface area (Å²) in [6.07, 6.45) is 14.0. The van der Waals surface area contributed by atoms with Crippen LogP contribution in [-0.4, -0.2) is 0 Å². The van der Waals surface area contributed by atoms with Crippen LogP contribution in [0.1, 0.15) is 77.2 Å². The summed E-state index contributed by atoms with van der Waals surface area (Å²) in [4.78, 5) is 0. The highest BCUT2D eigenvalue weighted by atomic mass is 14.9. The van der Waals surface area contributed by atoms with Gasteiger partial charge in [0, 0.05) is 18.6 Å². The third kappa shape index (κ3) is 5.66. The van der Waals surface area contributed by atoms with Crippen LogP contribution in [0.5, 0.6) is 0 Å². The van der Waals surface area contributed by atoms with Gasteiger partial charge < -0.3 is 0 Å². The van der Waals surface area contributed by atoms with Gasteiger partial charge in [-0.15, -0.1) is 0 Å². The van der Waals surface area contributed by atoms with E-state index in [-0.39, 0.29) is 0 Å². The second-order valence-corrected chi connectivity index (χ2v) is 5.45. The molecule has 1 heterocycles. The van der Waals surface area contributed by atoms with Gasteiger partial charge in [0.15, 0.2) is 12.4 Å². The number of unbranched alkanes of at least 4 members (excludes halogenated alkanes) is 5. The minimum atomic E-state index is 0.689. The molecule has 1 unspecified atom stereocenters. The van der Waals surface area contributed by atoms with Gasteiger partial charge in [0.1, 0.15) is 6.54 Å². The van der Waals surface area contributed by atoms with E-state index in [1.165, 1.54) is 57.1 Å². The fourth-order valence-corrected chi connectivity index (χ4v) is 2.26. The summed E-state index contributed by atoms with van der Waals surface area (Å²) in [7, 11) is 0. The molecule has 1 heteroatoms. The second kappa shape index (κ2) is 9.13. The zero-order valence-corrected chi connectivity index (χ0v) is 12.5. The van der Waals surface area contributed by atoms with Crippen LogP contribution in [0, 0.1) is 0 Å². The van der Waals surface area contributed by atoms with Crippen molar-refractivity contribution in [3.05, 3.63) is 30.1 Å². The lowest BCUT2D eigenvalue weighted by molar-refractivity contribution is -0.697. The quantitative estimate of drug-likeness (QED) is 0.434. The number of rotatable bonds is 9. The van der Waals surface area contributed by atoms with E-state index in [0.29, 0.717) is 5.92 Å². The molecule has 0 saturated heterocycles. The third-order valence-corrected chi connectivity index (χ3v) is 3.87. The zero-order chi connectivity index (χ0) is 13.2. The molecule has 0 aliphatic heterocycles. The Labute approximate surface area is 113 Å². The standard InChI is InChI=1S/C17H30N/c1-4-6-7-8-9-10-13-18-14-11-17(12-15-18)16(3)5-2/h11-12,14-16H,4-10,13H2,1-3H3/q+1. The van der Waals surface area contributed by atoms with Crippen molar-refractivity contribution >= 4 is 0 Å². The van der Waals surface area contributed by atoms with Crippen molar-refractivity contribution < 1.29 is 4.57 Å². The van der Waals surface area contributed by atoms with E-state index >= 15 is 0 Å². The van der Waals surface area contributed by atoms with Crippen molar-refractivity contribution in [2.75, 3.05) is 0 Å². The first-order valence-electron chi connectivity index (χ1n) is 7.77. The molecule has 1 aromatic rings. The first-order chi connectivity index (χ1) is 8.77. The van der Waals surface area contributed by atoms with Crippen LogP contribution in [0.4, 0.5) is 0 Å². The lowest BCUT2D eigenvalue weighted by Gasteiger charge is -2.07. The number of aromatic nitrogens is 1. The van der Waals surface area contributed by atoms with Gasteiger partial charge in [0.25, 0.3) is 0 Å². The number of aryl methyl sites for hydroxylation is 1. The Kier molecular flexibility index (Phi) is 7.71. The van der Waals surface area contributed by atoms with Gasteiger partial charge in [-0.1, -0.05) is 46.5 Å². The monoisotopic (exact) mass is 248 g/mol. The van der Waals surface area contributed by atoms with Crippen molar-refractivity contribution in [1.82, 2.24) is 0 Å². The van der Waals surface area contributed by atoms with Gasteiger partial charge in [0.2, 0.25) is 0 Å². The Hall–Kier alpha value is -0.850. The highest BCUT2D eigenvalue weighted by Gasteiger charge is 2.05. The minimum Gasteiger partial charge on any atom is -0.205 e. The SMILES string of the molecule is CCCCCCCC[n+]1ccc(C(C)CC)cc1. The topological polar surface area (TPSA) is 3.88 Å². The van der Waals surface area contributed by atoms with Crippen LogP contribution in [0.25, 0.3) is 0 Å². The second-order valence-electron chi connectivity index (χ2n) is 5.45. The predicted octanol–water partition coefficient (Wildman–Crippen LogP) is 4.85. The fourth-order valence-electron chi connectivity index (χ4n) is 2.26. The van der Waals surface area contributed by atoms with Crippen LogP contribution in [0.3, 0.4) is 0 Å². The van der Waals surface area contributed by atoms with Crippen molar-refractivity contribution in [3.8, 4) is 0 Å². The molecule has 0 radical (unpaired) electrons. The Morgan fingerprint density at radius 1 is 0.944 bits per heavy atom. The number of hydrogen-bond donors (Lipinski definition) is 0. The molecule has 0 spiro atoms. The van der Waals surface area contributed by atoms with Gasteiger partial charge in [-0.05, 0) is 24.3 Å². The minimum absolute atomic E-state index is 0.689. The summed E-state index contributed by atoms with van der Waals surface area (Å²) < 4.78 is 2.33. The van der Waals surface area contributed by atoms with Crippen LogP contribution in [-0.2, 0) is 6.54 Å². The molecule has 0 saturated carbocycles. The Balaban J connectivity index is 2.22. The fraction of sp³-hybridized carbons (Fsp3) is 0.706. The van der Waals surface area contributed by atoms with Crippen molar-refractivity contribution in [2.45, 2.75) is 78.2 Å². The van der Waals surface area contributed by atoms with Crippen LogP contribution in [0.15, 0.2) is 24.5 Å². The summed E-state index contributed by atoms with van der Waals surface area (Å²) in [6, 6.07) is 4.57. The molecule has 0 N–H and O–H groups in total. The molecule has 0 aliphatic rings. The number of hydrogen-bond acceptors (Lipinski definition) is 0. The first kappa shape index (κ1) is 15.2. The summed E-state index contributed by atoms with van der Waals surface area (Å²) in [5.74, 6) is 0.689. The lowest BCUT2D eigenvalue weighted by Crippen LogP contribution is -2.32. The predicted molar refractivity (Wildman–Crippen MR) is 78.7 cm³/mol. The van der Waals surface area contributed by atoms with Gasteiger partial charge in [0.05, 0.1) is 0 Å². The molecule has 1 aromatic heterocycles. The number of pyridine rings is 1. The molecule has 1 atom stereocenters. The van der Waals surface area contributed by atoms with Gasteiger partial charge >= 0.3 is 0 Å². The van der Waals surface area contributed by atoms with Gasteiger partial charge in [-0.25, -0.2) is 4.57 Å². The average molecular weight is 248 g/mol. The Morgan fingerprint density at radius 2 is 1.56 bits per heavy atom. The molecule has 1 nitrogen and oxygen atoms in total. The van der Waals surface area contributed by atoms with Crippen molar-refractivity contribution in [3.63, 3.8) is 0 Å². The molecule has 102 valence electrons. The smallest absolute Gasteiger partial charge is 0.169 e. The largest absolute Gasteiger partial charge is 0.205 e. The molecular weight excluding hydrogens is 218 g/mol. The molecule has 1 rings (SSSR count). The normalized spacial score (nSPS) is 12.6.